The Morgan fingerprint density at radius 2 is 1.17 bits per heavy atom. The largest absolute Gasteiger partial charge is 0.236 e. The summed E-state index contributed by atoms with van der Waals surface area (Å²) in [5, 5.41) is 4.86. The highest BCUT2D eigenvalue weighted by Crippen LogP contribution is 2.16. The van der Waals surface area contributed by atoms with Gasteiger partial charge in [0.25, 0.3) is 0 Å². The summed E-state index contributed by atoms with van der Waals surface area (Å²) in [7, 11) is 0. The number of hydrogen-bond acceptors (Lipinski definition) is 0. The molecule has 0 saturated carbocycles. The second-order valence-corrected chi connectivity index (χ2v) is 6.27. The standard InChI is InChI=1S/C17H36N/c1-5-7-9-11-12-13-15-17(3,4)18-16-14-10-8-6-2/h5-16H2,1-4H3. The molecule has 0 spiro atoms. The fraction of sp³-hybridized carbons (Fsp3) is 1.00. The average Bonchev–Trinajstić information content (AvgIpc) is 2.33. The van der Waals surface area contributed by atoms with E-state index in [4.69, 9.17) is 5.32 Å². The van der Waals surface area contributed by atoms with Crippen molar-refractivity contribution in [2.45, 2.75) is 104 Å². The van der Waals surface area contributed by atoms with Gasteiger partial charge in [0.2, 0.25) is 0 Å². The van der Waals surface area contributed by atoms with Crippen molar-refractivity contribution >= 4 is 0 Å². The molecule has 1 nitrogen and oxygen atoms in total. The van der Waals surface area contributed by atoms with Gasteiger partial charge in [-0.3, -0.25) is 0 Å². The minimum Gasteiger partial charge on any atom is -0.236 e. The molecule has 0 aliphatic heterocycles. The summed E-state index contributed by atoms with van der Waals surface area (Å²) in [6, 6.07) is 0. The normalized spacial score (nSPS) is 12.0. The quantitative estimate of drug-likeness (QED) is 0.374. The van der Waals surface area contributed by atoms with Crippen molar-refractivity contribution < 1.29 is 0 Å². The number of nitrogens with zero attached hydrogens (tertiary/aromatic N) is 1. The van der Waals surface area contributed by atoms with Crippen LogP contribution in [0.25, 0.3) is 0 Å². The second kappa shape index (κ2) is 12.0. The summed E-state index contributed by atoms with van der Waals surface area (Å²) in [6.07, 6.45) is 14.9. The predicted octanol–water partition coefficient (Wildman–Crippen LogP) is 5.70. The number of hydrogen-bond donors (Lipinski definition) is 0. The maximum Gasteiger partial charge on any atom is 0.0300 e. The molecule has 0 bridgehead atoms. The van der Waals surface area contributed by atoms with E-state index in [9.17, 15) is 0 Å². The zero-order chi connectivity index (χ0) is 13.7. The smallest absolute Gasteiger partial charge is 0.0300 e. The lowest BCUT2D eigenvalue weighted by molar-refractivity contribution is 0.335. The van der Waals surface area contributed by atoms with Crippen LogP contribution in [0.15, 0.2) is 0 Å². The molecule has 0 aliphatic rings. The molecule has 18 heavy (non-hydrogen) atoms. The Labute approximate surface area is 116 Å². The third-order valence-electron chi connectivity index (χ3n) is 3.69. The van der Waals surface area contributed by atoms with E-state index in [0.717, 1.165) is 6.54 Å². The second-order valence-electron chi connectivity index (χ2n) is 6.27. The summed E-state index contributed by atoms with van der Waals surface area (Å²) in [4.78, 5) is 0. The first-order chi connectivity index (χ1) is 8.62. The molecule has 1 radical (unpaired) electrons. The van der Waals surface area contributed by atoms with Crippen molar-refractivity contribution in [3.63, 3.8) is 0 Å². The van der Waals surface area contributed by atoms with E-state index in [1.807, 2.05) is 0 Å². The van der Waals surface area contributed by atoms with Gasteiger partial charge in [-0.2, -0.15) is 0 Å². The van der Waals surface area contributed by atoms with E-state index in [0.29, 0.717) is 0 Å². The molecule has 0 fully saturated rings. The molecule has 0 heterocycles. The van der Waals surface area contributed by atoms with Crippen LogP contribution in [0.1, 0.15) is 98.3 Å². The van der Waals surface area contributed by atoms with Crippen LogP contribution in [-0.4, -0.2) is 12.1 Å². The van der Waals surface area contributed by atoms with E-state index in [1.165, 1.54) is 70.6 Å². The lowest BCUT2D eigenvalue weighted by Crippen LogP contribution is -2.33. The molecule has 0 aromatic carbocycles. The third kappa shape index (κ3) is 12.4. The Kier molecular flexibility index (Phi) is 12.0. The highest BCUT2D eigenvalue weighted by molar-refractivity contribution is 4.76. The van der Waals surface area contributed by atoms with Crippen molar-refractivity contribution in [3.8, 4) is 0 Å². The molecule has 0 aliphatic carbocycles. The van der Waals surface area contributed by atoms with Crippen molar-refractivity contribution in [2.24, 2.45) is 0 Å². The van der Waals surface area contributed by atoms with Gasteiger partial charge in [-0.1, -0.05) is 71.6 Å². The van der Waals surface area contributed by atoms with Gasteiger partial charge >= 0.3 is 0 Å². The topological polar surface area (TPSA) is 14.1 Å². The highest BCUT2D eigenvalue weighted by atomic mass is 14.9. The van der Waals surface area contributed by atoms with Gasteiger partial charge in [0.05, 0.1) is 0 Å². The van der Waals surface area contributed by atoms with E-state index in [1.54, 1.807) is 0 Å². The van der Waals surface area contributed by atoms with E-state index in [-0.39, 0.29) is 5.54 Å². The van der Waals surface area contributed by atoms with Gasteiger partial charge in [-0.15, -0.1) is 0 Å². The van der Waals surface area contributed by atoms with Crippen molar-refractivity contribution in [1.82, 2.24) is 5.32 Å². The number of rotatable bonds is 13. The van der Waals surface area contributed by atoms with E-state index in [2.05, 4.69) is 27.7 Å². The monoisotopic (exact) mass is 254 g/mol. The van der Waals surface area contributed by atoms with Crippen LogP contribution < -0.4 is 5.32 Å². The number of unbranched alkanes of at least 4 members (excludes halogenated alkanes) is 8. The predicted molar refractivity (Wildman–Crippen MR) is 83.2 cm³/mol. The third-order valence-corrected chi connectivity index (χ3v) is 3.69. The molecule has 0 rings (SSSR count). The Morgan fingerprint density at radius 3 is 1.78 bits per heavy atom. The van der Waals surface area contributed by atoms with Gasteiger partial charge in [0.15, 0.2) is 0 Å². The first-order valence-electron chi connectivity index (χ1n) is 8.31. The zero-order valence-corrected chi connectivity index (χ0v) is 13.4. The minimum absolute atomic E-state index is 0.219. The minimum atomic E-state index is 0.219. The molecule has 0 aromatic rings. The molecule has 0 aromatic heterocycles. The molecule has 0 atom stereocenters. The maximum absolute atomic E-state index is 4.86. The van der Waals surface area contributed by atoms with Crippen LogP contribution in [0.5, 0.6) is 0 Å². The Bertz CT molecular complexity index is 163. The summed E-state index contributed by atoms with van der Waals surface area (Å²) in [5.74, 6) is 0. The zero-order valence-electron chi connectivity index (χ0n) is 13.4. The SMILES string of the molecule is CCCCCCCCC(C)(C)[N]CCCCCC. The van der Waals surface area contributed by atoms with Gasteiger partial charge < -0.3 is 0 Å². The first-order valence-corrected chi connectivity index (χ1v) is 8.31. The highest BCUT2D eigenvalue weighted by Gasteiger charge is 2.16. The average molecular weight is 254 g/mol. The van der Waals surface area contributed by atoms with Crippen molar-refractivity contribution in [3.05, 3.63) is 0 Å². The first kappa shape index (κ1) is 18.0. The van der Waals surface area contributed by atoms with Crippen LogP contribution in [0.3, 0.4) is 0 Å². The van der Waals surface area contributed by atoms with Crippen LogP contribution in [0, 0.1) is 0 Å². The van der Waals surface area contributed by atoms with Crippen LogP contribution in [0.2, 0.25) is 0 Å². The summed E-state index contributed by atoms with van der Waals surface area (Å²) >= 11 is 0. The van der Waals surface area contributed by atoms with Crippen molar-refractivity contribution in [1.29, 1.82) is 0 Å². The van der Waals surface area contributed by atoms with Crippen molar-refractivity contribution in [2.75, 3.05) is 6.54 Å². The molecule has 0 unspecified atom stereocenters. The van der Waals surface area contributed by atoms with Crippen LogP contribution in [0.4, 0.5) is 0 Å². The maximum atomic E-state index is 4.86. The molecule has 0 N–H and O–H groups in total. The lowest BCUT2D eigenvalue weighted by Gasteiger charge is -2.24. The van der Waals surface area contributed by atoms with Crippen LogP contribution in [-0.2, 0) is 0 Å². The molecular weight excluding hydrogens is 218 g/mol. The summed E-state index contributed by atoms with van der Waals surface area (Å²) in [6.45, 7) is 10.2. The van der Waals surface area contributed by atoms with Crippen LogP contribution >= 0.6 is 0 Å². The van der Waals surface area contributed by atoms with Gasteiger partial charge in [0, 0.05) is 12.1 Å². The Balaban J connectivity index is 3.37. The Hall–Kier alpha value is -0.0400. The van der Waals surface area contributed by atoms with Gasteiger partial charge in [-0.05, 0) is 26.7 Å². The van der Waals surface area contributed by atoms with E-state index < -0.39 is 0 Å². The molecule has 0 saturated heterocycles. The Morgan fingerprint density at radius 1 is 0.667 bits per heavy atom. The van der Waals surface area contributed by atoms with Gasteiger partial charge in [-0.25, -0.2) is 5.32 Å². The molecule has 109 valence electrons. The molecule has 0 amide bonds. The van der Waals surface area contributed by atoms with E-state index >= 15 is 0 Å². The summed E-state index contributed by atoms with van der Waals surface area (Å²) in [5.41, 5.74) is 0.219. The fourth-order valence-electron chi connectivity index (χ4n) is 2.34. The fourth-order valence-corrected chi connectivity index (χ4v) is 2.34. The molecule has 1 heteroatoms. The molecular formula is C17H36N. The van der Waals surface area contributed by atoms with Gasteiger partial charge in [0.1, 0.15) is 0 Å². The summed E-state index contributed by atoms with van der Waals surface area (Å²) < 4.78 is 0. The lowest BCUT2D eigenvalue weighted by atomic mass is 9.95.